The number of hydrogen-bond acceptors (Lipinski definition) is 1. The lowest BCUT2D eigenvalue weighted by Crippen LogP contribution is -2.08. The van der Waals surface area contributed by atoms with Gasteiger partial charge in [0.15, 0.2) is 0 Å². The van der Waals surface area contributed by atoms with E-state index in [1.54, 1.807) is 0 Å². The van der Waals surface area contributed by atoms with Crippen LogP contribution in [0.1, 0.15) is 63.7 Å². The first-order chi connectivity index (χ1) is 9.42. The number of rotatable bonds is 4. The minimum atomic E-state index is 0.0890. The topological polar surface area (TPSA) is 48.6 Å². The van der Waals surface area contributed by atoms with Gasteiger partial charge in [0.25, 0.3) is 0 Å². The Kier molecular flexibility index (Phi) is 3.89. The van der Waals surface area contributed by atoms with Crippen molar-refractivity contribution < 1.29 is 4.79 Å². The Hall–Kier alpha value is -1.77. The number of aromatic amines is 2. The summed E-state index contributed by atoms with van der Waals surface area (Å²) in [7, 11) is 0. The summed E-state index contributed by atoms with van der Waals surface area (Å²) >= 11 is 0. The molecule has 0 aliphatic rings. The van der Waals surface area contributed by atoms with E-state index in [1.165, 1.54) is 11.1 Å². The molecule has 0 amide bonds. The number of ketones is 1. The molecule has 0 bridgehead atoms. The largest absolute Gasteiger partial charge is 0.355 e. The second-order valence-electron chi connectivity index (χ2n) is 5.49. The smallest absolute Gasteiger partial charge is 0.225 e. The zero-order valence-corrected chi connectivity index (χ0v) is 13.3. The van der Waals surface area contributed by atoms with Crippen molar-refractivity contribution in [3.8, 4) is 0 Å². The molecule has 0 atom stereocenters. The molecular weight excluding hydrogens is 248 g/mol. The molecule has 108 valence electrons. The third kappa shape index (κ3) is 2.11. The Bertz CT molecular complexity index is 603. The van der Waals surface area contributed by atoms with Crippen molar-refractivity contribution >= 4 is 5.78 Å². The molecule has 2 aromatic heterocycles. The van der Waals surface area contributed by atoms with Crippen LogP contribution in [0.25, 0.3) is 0 Å². The second kappa shape index (κ2) is 5.31. The highest BCUT2D eigenvalue weighted by Gasteiger charge is 2.23. The number of carbonyl (C=O) groups is 1. The Morgan fingerprint density at radius 1 is 0.800 bits per heavy atom. The Morgan fingerprint density at radius 3 is 1.45 bits per heavy atom. The highest BCUT2D eigenvalue weighted by Crippen LogP contribution is 2.25. The van der Waals surface area contributed by atoms with Crippen molar-refractivity contribution in [3.05, 3.63) is 45.0 Å². The van der Waals surface area contributed by atoms with E-state index in [-0.39, 0.29) is 5.78 Å². The fraction of sp³-hybridized carbons (Fsp3) is 0.471. The number of aromatic nitrogens is 2. The van der Waals surface area contributed by atoms with Crippen LogP contribution >= 0.6 is 0 Å². The van der Waals surface area contributed by atoms with Crippen molar-refractivity contribution in [2.24, 2.45) is 0 Å². The molecule has 2 heterocycles. The monoisotopic (exact) mass is 272 g/mol. The lowest BCUT2D eigenvalue weighted by atomic mass is 10.0. The summed E-state index contributed by atoms with van der Waals surface area (Å²) in [6.45, 7) is 12.4. The predicted octanol–water partition coefficient (Wildman–Crippen LogP) is 3.93. The van der Waals surface area contributed by atoms with Crippen LogP contribution in [-0.4, -0.2) is 15.8 Å². The molecular formula is C17H24N2O. The number of hydrogen-bond donors (Lipinski definition) is 2. The van der Waals surface area contributed by atoms with Gasteiger partial charge in [-0.05, 0) is 62.8 Å². The molecule has 2 rings (SSSR count). The van der Waals surface area contributed by atoms with Crippen LogP contribution < -0.4 is 0 Å². The molecule has 0 aromatic carbocycles. The quantitative estimate of drug-likeness (QED) is 0.814. The zero-order valence-electron chi connectivity index (χ0n) is 13.3. The van der Waals surface area contributed by atoms with Crippen LogP contribution in [-0.2, 0) is 12.8 Å². The summed E-state index contributed by atoms with van der Waals surface area (Å²) in [5, 5.41) is 0. The molecule has 0 saturated heterocycles. The number of H-pyrrole nitrogens is 2. The van der Waals surface area contributed by atoms with Gasteiger partial charge in [0, 0.05) is 11.4 Å². The van der Waals surface area contributed by atoms with Gasteiger partial charge in [0.2, 0.25) is 5.78 Å². The summed E-state index contributed by atoms with van der Waals surface area (Å²) in [5.74, 6) is 0.0890. The van der Waals surface area contributed by atoms with Gasteiger partial charge >= 0.3 is 0 Å². The lowest BCUT2D eigenvalue weighted by molar-refractivity contribution is 0.102. The summed E-state index contributed by atoms with van der Waals surface area (Å²) in [6, 6.07) is 0. The average molecular weight is 272 g/mol. The summed E-state index contributed by atoms with van der Waals surface area (Å²) < 4.78 is 0. The van der Waals surface area contributed by atoms with Crippen molar-refractivity contribution in [2.45, 2.75) is 54.4 Å². The van der Waals surface area contributed by atoms with E-state index in [0.29, 0.717) is 0 Å². The van der Waals surface area contributed by atoms with Crippen LogP contribution in [0.15, 0.2) is 0 Å². The number of nitrogens with one attached hydrogen (secondary N) is 2. The third-order valence-electron chi connectivity index (χ3n) is 4.42. The summed E-state index contributed by atoms with van der Waals surface area (Å²) in [4.78, 5) is 19.4. The third-order valence-corrected chi connectivity index (χ3v) is 4.42. The van der Waals surface area contributed by atoms with Crippen molar-refractivity contribution in [1.29, 1.82) is 0 Å². The first-order valence-corrected chi connectivity index (χ1v) is 7.33. The maximum atomic E-state index is 12.9. The lowest BCUT2D eigenvalue weighted by Gasteiger charge is -2.04. The van der Waals surface area contributed by atoms with Crippen LogP contribution in [0.4, 0.5) is 0 Å². The van der Waals surface area contributed by atoms with Gasteiger partial charge in [-0.25, -0.2) is 0 Å². The van der Waals surface area contributed by atoms with Crippen LogP contribution in [0.5, 0.6) is 0 Å². The number of carbonyl (C=O) groups excluding carboxylic acids is 1. The summed E-state index contributed by atoms with van der Waals surface area (Å²) in [5.41, 5.74) is 8.35. The van der Waals surface area contributed by atoms with Crippen LogP contribution in [0.2, 0.25) is 0 Å². The van der Waals surface area contributed by atoms with Gasteiger partial charge in [-0.15, -0.1) is 0 Å². The molecule has 0 spiro atoms. The van der Waals surface area contributed by atoms with Gasteiger partial charge in [-0.2, -0.15) is 0 Å². The van der Waals surface area contributed by atoms with Crippen LogP contribution in [0, 0.1) is 27.7 Å². The van der Waals surface area contributed by atoms with E-state index in [4.69, 9.17) is 0 Å². The van der Waals surface area contributed by atoms with Gasteiger partial charge in [0.1, 0.15) is 0 Å². The molecule has 3 heteroatoms. The molecule has 20 heavy (non-hydrogen) atoms. The predicted molar refractivity (Wildman–Crippen MR) is 82.7 cm³/mol. The molecule has 0 fully saturated rings. The summed E-state index contributed by atoms with van der Waals surface area (Å²) in [6.07, 6.45) is 1.74. The van der Waals surface area contributed by atoms with E-state index in [1.807, 2.05) is 13.8 Å². The Labute approximate surface area is 120 Å². The maximum absolute atomic E-state index is 12.9. The van der Waals surface area contributed by atoms with Gasteiger partial charge in [0.05, 0.1) is 11.4 Å². The standard InChI is InChI=1S/C17H24N2O/c1-7-13-9(3)11(5)18-15(13)17(20)16-14(8-2)10(4)12(6)19-16/h18-19H,7-8H2,1-6H3. The Balaban J connectivity index is 2.58. The molecule has 0 unspecified atom stereocenters. The van der Waals surface area contributed by atoms with Gasteiger partial charge < -0.3 is 9.97 Å². The molecule has 0 radical (unpaired) electrons. The average Bonchev–Trinajstić information content (AvgIpc) is 2.88. The first kappa shape index (κ1) is 14.6. The highest BCUT2D eigenvalue weighted by atomic mass is 16.1. The zero-order chi connectivity index (χ0) is 15.0. The fourth-order valence-corrected chi connectivity index (χ4v) is 2.94. The molecule has 0 saturated carbocycles. The van der Waals surface area contributed by atoms with E-state index in [0.717, 1.165) is 46.7 Å². The van der Waals surface area contributed by atoms with E-state index >= 15 is 0 Å². The SMILES string of the molecule is CCc1c(C(=O)c2[nH]c(C)c(C)c2CC)[nH]c(C)c1C. The minimum Gasteiger partial charge on any atom is -0.355 e. The Morgan fingerprint density at radius 2 is 1.15 bits per heavy atom. The molecule has 0 aliphatic carbocycles. The number of aryl methyl sites for hydroxylation is 2. The van der Waals surface area contributed by atoms with Gasteiger partial charge in [-0.1, -0.05) is 13.8 Å². The van der Waals surface area contributed by atoms with E-state index in [2.05, 4.69) is 37.7 Å². The van der Waals surface area contributed by atoms with Crippen LogP contribution in [0.3, 0.4) is 0 Å². The van der Waals surface area contributed by atoms with Crippen molar-refractivity contribution in [2.75, 3.05) is 0 Å². The van der Waals surface area contributed by atoms with Crippen molar-refractivity contribution in [3.63, 3.8) is 0 Å². The highest BCUT2D eigenvalue weighted by molar-refractivity contribution is 6.09. The van der Waals surface area contributed by atoms with E-state index in [9.17, 15) is 4.79 Å². The van der Waals surface area contributed by atoms with Gasteiger partial charge in [-0.3, -0.25) is 4.79 Å². The first-order valence-electron chi connectivity index (χ1n) is 7.33. The normalized spacial score (nSPS) is 11.1. The minimum absolute atomic E-state index is 0.0890. The molecule has 0 aliphatic heterocycles. The fourth-order valence-electron chi connectivity index (χ4n) is 2.94. The maximum Gasteiger partial charge on any atom is 0.225 e. The van der Waals surface area contributed by atoms with Crippen molar-refractivity contribution in [1.82, 2.24) is 9.97 Å². The molecule has 2 aromatic rings. The molecule has 2 N–H and O–H groups in total. The molecule has 3 nitrogen and oxygen atoms in total. The second-order valence-corrected chi connectivity index (χ2v) is 5.49. The van der Waals surface area contributed by atoms with E-state index < -0.39 is 0 Å².